The van der Waals surface area contributed by atoms with Gasteiger partial charge >= 0.3 is 0 Å². The van der Waals surface area contributed by atoms with Crippen LogP contribution in [0.15, 0.2) is 6.07 Å². The van der Waals surface area contributed by atoms with Gasteiger partial charge in [-0.05, 0) is 17.6 Å². The zero-order chi connectivity index (χ0) is 20.3. The Bertz CT molecular complexity index is 795. The normalized spacial score (nSPS) is 13.7. The van der Waals surface area contributed by atoms with E-state index in [4.69, 9.17) is 0 Å². The Kier molecular flexibility index (Phi) is 5.18. The van der Waals surface area contributed by atoms with Gasteiger partial charge in [0.25, 0.3) is 5.78 Å². The predicted molar refractivity (Wildman–Crippen MR) is 142 cm³/mol. The third kappa shape index (κ3) is 3.45. The zero-order valence-corrected chi connectivity index (χ0v) is 18.8. The lowest BCUT2D eigenvalue weighted by molar-refractivity contribution is 0.591. The first-order chi connectivity index (χ1) is 11.5. The molecule has 0 N–H and O–H groups in total. The van der Waals surface area contributed by atoms with Gasteiger partial charge in [-0.3, -0.25) is 0 Å². The molecule has 0 saturated carbocycles. The van der Waals surface area contributed by atoms with Crippen molar-refractivity contribution >= 4 is 104 Å². The van der Waals surface area contributed by atoms with E-state index in [0.717, 1.165) is 17.2 Å². The molecule has 26 heavy (non-hydrogen) atoms. The highest BCUT2D eigenvalue weighted by molar-refractivity contribution is 6.71. The van der Waals surface area contributed by atoms with E-state index in [9.17, 15) is 0 Å². The SMILES string of the molecule is Bc1nc2nc(C)cc(N(C(B)(B)C(B)(B)B)C(B)(B)C(B)(B)B)n2n1. The van der Waals surface area contributed by atoms with E-state index < -0.39 is 0 Å². The summed E-state index contributed by atoms with van der Waals surface area (Å²) in [6.45, 7) is 2.03. The smallest absolute Gasteiger partial charge is 0.253 e. The molecule has 0 aliphatic rings. The number of aryl methyl sites for hydroxylation is 1. The van der Waals surface area contributed by atoms with Crippen molar-refractivity contribution in [2.24, 2.45) is 0 Å². The van der Waals surface area contributed by atoms with E-state index >= 15 is 0 Å². The van der Waals surface area contributed by atoms with Crippen molar-refractivity contribution in [1.29, 1.82) is 0 Å². The Morgan fingerprint density at radius 1 is 0.846 bits per heavy atom. The Morgan fingerprint density at radius 2 is 1.31 bits per heavy atom. The van der Waals surface area contributed by atoms with Crippen LogP contribution in [0.4, 0.5) is 5.82 Å². The average molecular weight is 335 g/mol. The summed E-state index contributed by atoms with van der Waals surface area (Å²) in [5, 5.41) is 4.50. The molecule has 2 aromatic heterocycles. The van der Waals surface area contributed by atoms with Gasteiger partial charge in [-0.15, -0.1) is 10.2 Å². The highest BCUT2D eigenvalue weighted by atomic mass is 15.4. The van der Waals surface area contributed by atoms with Crippen LogP contribution in [0.25, 0.3) is 5.78 Å². The molecule has 5 nitrogen and oxygen atoms in total. The summed E-state index contributed by atoms with van der Waals surface area (Å²) in [4.78, 5) is 11.6. The second-order valence-electron chi connectivity index (χ2n) is 10.6. The van der Waals surface area contributed by atoms with Gasteiger partial charge in [-0.25, -0.2) is 9.97 Å². The fourth-order valence-corrected chi connectivity index (χ4v) is 3.17. The molecule has 0 amide bonds. The number of anilines is 1. The Labute approximate surface area is 167 Å². The minimum absolute atomic E-state index is 0.0502. The Morgan fingerprint density at radius 3 is 1.73 bits per heavy atom. The van der Waals surface area contributed by atoms with Crippen molar-refractivity contribution < 1.29 is 0 Å². The number of hydrogen-bond donors (Lipinski definition) is 0. The molecule has 2 aromatic rings. The summed E-state index contributed by atoms with van der Waals surface area (Å²) in [5.74, 6) is 1.71. The van der Waals surface area contributed by atoms with Crippen LogP contribution < -0.4 is 10.6 Å². The summed E-state index contributed by atoms with van der Waals surface area (Å²) < 4.78 is 1.91. The first-order valence-corrected chi connectivity index (χ1v) is 9.51. The summed E-state index contributed by atoms with van der Waals surface area (Å²) >= 11 is 0. The van der Waals surface area contributed by atoms with Crippen LogP contribution in [-0.4, -0.2) is 117 Å². The molecule has 2 heterocycles. The van der Waals surface area contributed by atoms with Crippen LogP contribution in [0.2, 0.25) is 10.2 Å². The third-order valence-corrected chi connectivity index (χ3v) is 6.55. The van der Waals surface area contributed by atoms with Crippen LogP contribution in [0.5, 0.6) is 0 Å². The molecule has 124 valence electrons. The largest absolute Gasteiger partial charge is 0.380 e. The molecule has 0 unspecified atom stereocenters. The number of aromatic nitrogens is 4. The van der Waals surface area contributed by atoms with Crippen molar-refractivity contribution in [3.63, 3.8) is 0 Å². The molecule has 0 atom stereocenters. The highest BCUT2D eigenvalue weighted by Crippen LogP contribution is 2.42. The molecule has 0 fully saturated rings. The maximum absolute atomic E-state index is 4.67. The van der Waals surface area contributed by atoms with Crippen LogP contribution in [0.3, 0.4) is 0 Å². The van der Waals surface area contributed by atoms with Crippen molar-refractivity contribution in [2.45, 2.75) is 27.8 Å². The standard InChI is InChI=1S/C10H26B11N5/c1-3-2-4(25-6(22-3)23-5(11)24-25)26(9(18,19)7(12,13)14)10(20,21)8(15,16)17/h2H,11-21H2,1H3. The van der Waals surface area contributed by atoms with Crippen molar-refractivity contribution in [2.75, 3.05) is 4.90 Å². The van der Waals surface area contributed by atoms with Gasteiger partial charge in [0.15, 0.2) is 7.85 Å². The van der Waals surface area contributed by atoms with E-state index in [0.29, 0.717) is 5.78 Å². The molecule has 0 aliphatic heterocycles. The van der Waals surface area contributed by atoms with Gasteiger partial charge in [0.1, 0.15) is 42.9 Å². The molecule has 0 radical (unpaired) electrons. The second kappa shape index (κ2) is 6.30. The van der Waals surface area contributed by atoms with Gasteiger partial charge in [0, 0.05) is 11.8 Å². The Hall–Kier alpha value is -0.936. The van der Waals surface area contributed by atoms with Crippen molar-refractivity contribution in [1.82, 2.24) is 19.6 Å². The van der Waals surface area contributed by atoms with Crippen LogP contribution >= 0.6 is 0 Å². The molecule has 2 rings (SSSR count). The summed E-state index contributed by atoms with van der Waals surface area (Å²) in [6.07, 6.45) is 0. The fourth-order valence-electron chi connectivity index (χ4n) is 3.17. The minimum Gasteiger partial charge on any atom is -0.380 e. The number of rotatable bonds is 5. The lowest BCUT2D eigenvalue weighted by atomic mass is 9.22. The summed E-state index contributed by atoms with van der Waals surface area (Å²) in [6, 6.07) is 2.14. The van der Waals surface area contributed by atoms with Crippen molar-refractivity contribution in [3.8, 4) is 0 Å². The molecule has 16 heteroatoms. The van der Waals surface area contributed by atoms with Crippen LogP contribution in [-0.2, 0) is 0 Å². The van der Waals surface area contributed by atoms with Crippen LogP contribution in [0, 0.1) is 6.92 Å². The first-order valence-electron chi connectivity index (χ1n) is 9.51. The monoisotopic (exact) mass is 337 g/mol. The van der Waals surface area contributed by atoms with Gasteiger partial charge < -0.3 is 4.90 Å². The van der Waals surface area contributed by atoms with E-state index in [1.807, 2.05) is 19.3 Å². The van der Waals surface area contributed by atoms with Gasteiger partial charge in [0.2, 0.25) is 0 Å². The predicted octanol–water partition coefficient (Wildman–Crippen LogP) is -10.7. The van der Waals surface area contributed by atoms with Crippen molar-refractivity contribution in [3.05, 3.63) is 11.8 Å². The lowest BCUT2D eigenvalue weighted by Gasteiger charge is -2.61. The lowest BCUT2D eigenvalue weighted by Crippen LogP contribution is -2.72. The summed E-state index contributed by atoms with van der Waals surface area (Å²) in [7, 11) is 25.0. The fraction of sp³-hybridized carbons (Fsp3) is 0.500. The molecule has 0 aromatic carbocycles. The van der Waals surface area contributed by atoms with E-state index in [1.54, 1.807) is 0 Å². The van der Waals surface area contributed by atoms with E-state index in [-0.39, 0.29) is 20.9 Å². The molecule has 0 spiro atoms. The molecule has 0 bridgehead atoms. The van der Waals surface area contributed by atoms with E-state index in [1.165, 1.54) is 0 Å². The number of fused-ring (bicyclic) bond motifs is 1. The maximum atomic E-state index is 4.67. The van der Waals surface area contributed by atoms with Gasteiger partial charge in [-0.2, -0.15) is 9.61 Å². The number of nitrogens with zero attached hydrogens (tertiary/aromatic N) is 5. The zero-order valence-electron chi connectivity index (χ0n) is 18.8. The molecular weight excluding hydrogens is 309 g/mol. The quantitative estimate of drug-likeness (QED) is 0.509. The van der Waals surface area contributed by atoms with E-state index in [2.05, 4.69) is 104 Å². The molecular formula is C10H26B11N5. The highest BCUT2D eigenvalue weighted by Gasteiger charge is 2.48. The molecule has 0 aliphatic carbocycles. The maximum Gasteiger partial charge on any atom is 0.253 e. The third-order valence-electron chi connectivity index (χ3n) is 6.55. The first kappa shape index (κ1) is 21.4. The molecule has 0 saturated heterocycles. The van der Waals surface area contributed by atoms with Gasteiger partial charge in [-0.1, -0.05) is 0 Å². The minimum atomic E-state index is -0.135. The van der Waals surface area contributed by atoms with Crippen LogP contribution in [0.1, 0.15) is 5.69 Å². The average Bonchev–Trinajstić information content (AvgIpc) is 2.75. The van der Waals surface area contributed by atoms with Gasteiger partial charge in [0.05, 0.1) is 47.1 Å². The Balaban J connectivity index is 2.91. The second-order valence-corrected chi connectivity index (χ2v) is 10.6. The number of hydrogen-bond acceptors (Lipinski definition) is 4. The topological polar surface area (TPSA) is 46.3 Å². The summed E-state index contributed by atoms with van der Waals surface area (Å²) in [5.41, 5.74) is 1.70.